The Hall–Kier alpha value is -1.35. The molecule has 0 atom stereocenters. The molecule has 0 spiro atoms. The maximum Gasteiger partial charge on any atom is 0.236 e. The van der Waals surface area contributed by atoms with Crippen LogP contribution in [0.4, 0.5) is 0 Å². The number of amides is 1. The van der Waals surface area contributed by atoms with Gasteiger partial charge >= 0.3 is 0 Å². The molecule has 2 rings (SSSR count). The Morgan fingerprint density at radius 2 is 2.25 bits per heavy atom. The summed E-state index contributed by atoms with van der Waals surface area (Å²) in [5, 5.41) is 10.6. The Morgan fingerprint density at radius 1 is 1.50 bits per heavy atom. The zero-order chi connectivity index (χ0) is 14.4. The number of nitrogens with zero attached hydrogens (tertiary/aromatic N) is 2. The van der Waals surface area contributed by atoms with Gasteiger partial charge in [0.05, 0.1) is 6.54 Å². The number of aliphatic hydroxyl groups excluding tert-OH is 1. The van der Waals surface area contributed by atoms with Crippen LogP contribution < -0.4 is 0 Å². The molecule has 1 aliphatic rings. The van der Waals surface area contributed by atoms with E-state index in [0.717, 1.165) is 38.0 Å². The summed E-state index contributed by atoms with van der Waals surface area (Å²) in [4.78, 5) is 17.2. The summed E-state index contributed by atoms with van der Waals surface area (Å²) in [6, 6.07) is 2.02. The van der Waals surface area contributed by atoms with Gasteiger partial charge in [-0.05, 0) is 26.0 Å². The predicted molar refractivity (Wildman–Crippen MR) is 80.4 cm³/mol. The van der Waals surface area contributed by atoms with Crippen LogP contribution in [-0.2, 0) is 11.3 Å². The van der Waals surface area contributed by atoms with Crippen molar-refractivity contribution in [1.29, 1.82) is 0 Å². The molecular formula is C15H20N2O2S. The first-order chi connectivity index (χ1) is 9.69. The van der Waals surface area contributed by atoms with Crippen molar-refractivity contribution in [2.24, 2.45) is 0 Å². The lowest BCUT2D eigenvalue weighted by Crippen LogP contribution is -2.36. The molecule has 20 heavy (non-hydrogen) atoms. The molecule has 0 unspecified atom stereocenters. The number of hydrogen-bond donors (Lipinski definition) is 1. The standard InChI is InChI=1S/C15H20N2O2S/c1-16(11-15(19)17-6-2-3-7-17)10-14-9-13(12-20-14)5-4-8-18/h9,12,18H,2-3,6-8,10-11H2,1H3. The van der Waals surface area contributed by atoms with E-state index in [1.807, 2.05) is 28.3 Å². The van der Waals surface area contributed by atoms with Crippen molar-refractivity contribution >= 4 is 17.2 Å². The van der Waals surface area contributed by atoms with Gasteiger partial charge in [-0.3, -0.25) is 9.69 Å². The van der Waals surface area contributed by atoms with Gasteiger partial charge in [0.2, 0.25) is 5.91 Å². The second-order valence-electron chi connectivity index (χ2n) is 5.02. The van der Waals surface area contributed by atoms with E-state index in [1.165, 1.54) is 4.88 Å². The topological polar surface area (TPSA) is 43.8 Å². The van der Waals surface area contributed by atoms with Gasteiger partial charge in [0, 0.05) is 35.5 Å². The second kappa shape index (κ2) is 7.44. The summed E-state index contributed by atoms with van der Waals surface area (Å²) in [5.74, 6) is 5.75. The molecule has 108 valence electrons. The largest absolute Gasteiger partial charge is 0.384 e. The minimum absolute atomic E-state index is 0.116. The Labute approximate surface area is 124 Å². The summed E-state index contributed by atoms with van der Waals surface area (Å²) in [7, 11) is 1.97. The first-order valence-corrected chi connectivity index (χ1v) is 7.70. The first-order valence-electron chi connectivity index (χ1n) is 6.82. The highest BCUT2D eigenvalue weighted by Gasteiger charge is 2.19. The third-order valence-corrected chi connectivity index (χ3v) is 4.18. The third-order valence-electron chi connectivity index (χ3n) is 3.26. The van der Waals surface area contributed by atoms with Crippen LogP contribution in [0, 0.1) is 11.8 Å². The molecule has 4 nitrogen and oxygen atoms in total. The number of carbonyl (C=O) groups is 1. The minimum Gasteiger partial charge on any atom is -0.384 e. The van der Waals surface area contributed by atoms with Crippen LogP contribution in [0.5, 0.6) is 0 Å². The lowest BCUT2D eigenvalue weighted by molar-refractivity contribution is -0.131. The fraction of sp³-hybridized carbons (Fsp3) is 0.533. The monoisotopic (exact) mass is 292 g/mol. The van der Waals surface area contributed by atoms with Crippen LogP contribution >= 0.6 is 11.3 Å². The molecule has 5 heteroatoms. The number of thiophene rings is 1. The number of likely N-dealkylation sites (tertiary alicyclic amines) is 1. The van der Waals surface area contributed by atoms with Crippen LogP contribution in [0.15, 0.2) is 11.4 Å². The fourth-order valence-corrected chi connectivity index (χ4v) is 3.19. The highest BCUT2D eigenvalue weighted by atomic mass is 32.1. The molecule has 0 bridgehead atoms. The fourth-order valence-electron chi connectivity index (χ4n) is 2.29. The molecule has 1 saturated heterocycles. The third kappa shape index (κ3) is 4.34. The zero-order valence-corrected chi connectivity index (χ0v) is 12.6. The summed E-state index contributed by atoms with van der Waals surface area (Å²) in [6.07, 6.45) is 2.26. The molecule has 1 N–H and O–H groups in total. The van der Waals surface area contributed by atoms with Gasteiger partial charge in [-0.1, -0.05) is 11.8 Å². The summed E-state index contributed by atoms with van der Waals surface area (Å²) >= 11 is 1.64. The van der Waals surface area contributed by atoms with Crippen LogP contribution in [-0.4, -0.2) is 54.1 Å². The van der Waals surface area contributed by atoms with Gasteiger partial charge in [-0.15, -0.1) is 11.3 Å². The molecular weight excluding hydrogens is 272 g/mol. The minimum atomic E-state index is -0.116. The van der Waals surface area contributed by atoms with E-state index in [2.05, 4.69) is 11.8 Å². The van der Waals surface area contributed by atoms with Gasteiger partial charge in [-0.25, -0.2) is 0 Å². The van der Waals surface area contributed by atoms with E-state index >= 15 is 0 Å². The number of rotatable bonds is 4. The molecule has 1 aromatic rings. The van der Waals surface area contributed by atoms with Crippen LogP contribution in [0.2, 0.25) is 0 Å². The van der Waals surface area contributed by atoms with E-state index in [-0.39, 0.29) is 12.5 Å². The predicted octanol–water partition coefficient (Wildman–Crippen LogP) is 1.15. The Kier molecular flexibility index (Phi) is 5.60. The molecule has 1 aromatic heterocycles. The van der Waals surface area contributed by atoms with Crippen molar-refractivity contribution < 1.29 is 9.90 Å². The molecule has 0 saturated carbocycles. The lowest BCUT2D eigenvalue weighted by Gasteiger charge is -2.20. The van der Waals surface area contributed by atoms with Gasteiger partial charge in [-0.2, -0.15) is 0 Å². The Balaban J connectivity index is 1.82. The first kappa shape index (κ1) is 15.0. The lowest BCUT2D eigenvalue weighted by atomic mass is 10.3. The summed E-state index contributed by atoms with van der Waals surface area (Å²) < 4.78 is 0. The van der Waals surface area contributed by atoms with Crippen molar-refractivity contribution in [2.75, 3.05) is 33.3 Å². The van der Waals surface area contributed by atoms with E-state index in [1.54, 1.807) is 11.3 Å². The number of hydrogen-bond acceptors (Lipinski definition) is 4. The average molecular weight is 292 g/mol. The number of likely N-dealkylation sites (N-methyl/N-ethyl adjacent to an activating group) is 1. The highest BCUT2D eigenvalue weighted by Crippen LogP contribution is 2.16. The normalized spacial score (nSPS) is 14.4. The van der Waals surface area contributed by atoms with Crippen LogP contribution in [0.3, 0.4) is 0 Å². The van der Waals surface area contributed by atoms with E-state index < -0.39 is 0 Å². The Bertz CT molecular complexity index is 509. The van der Waals surface area contributed by atoms with E-state index in [4.69, 9.17) is 5.11 Å². The Morgan fingerprint density at radius 3 is 2.95 bits per heavy atom. The van der Waals surface area contributed by atoms with E-state index in [9.17, 15) is 4.79 Å². The number of carbonyl (C=O) groups excluding carboxylic acids is 1. The molecule has 1 aliphatic heterocycles. The molecule has 1 amide bonds. The van der Waals surface area contributed by atoms with Gasteiger partial charge in [0.25, 0.3) is 0 Å². The molecule has 0 aliphatic carbocycles. The smallest absolute Gasteiger partial charge is 0.236 e. The quantitative estimate of drug-likeness (QED) is 0.847. The van der Waals surface area contributed by atoms with Crippen molar-refractivity contribution in [3.8, 4) is 11.8 Å². The van der Waals surface area contributed by atoms with Gasteiger partial charge < -0.3 is 10.0 Å². The maximum absolute atomic E-state index is 12.0. The summed E-state index contributed by atoms with van der Waals surface area (Å²) in [6.45, 7) is 2.93. The molecule has 0 radical (unpaired) electrons. The van der Waals surface area contributed by atoms with Crippen LogP contribution in [0.1, 0.15) is 23.3 Å². The van der Waals surface area contributed by atoms with Crippen molar-refractivity contribution in [3.63, 3.8) is 0 Å². The van der Waals surface area contributed by atoms with Crippen molar-refractivity contribution in [2.45, 2.75) is 19.4 Å². The number of aliphatic hydroxyl groups is 1. The molecule has 0 aromatic carbocycles. The van der Waals surface area contributed by atoms with Crippen LogP contribution in [0.25, 0.3) is 0 Å². The SMILES string of the molecule is CN(CC(=O)N1CCCC1)Cc1cc(C#CCO)cs1. The second-order valence-corrected chi connectivity index (χ2v) is 6.02. The molecule has 2 heterocycles. The van der Waals surface area contributed by atoms with Gasteiger partial charge in [0.15, 0.2) is 0 Å². The maximum atomic E-state index is 12.0. The van der Waals surface area contributed by atoms with Gasteiger partial charge in [0.1, 0.15) is 6.61 Å². The van der Waals surface area contributed by atoms with E-state index in [0.29, 0.717) is 6.54 Å². The van der Waals surface area contributed by atoms with Crippen molar-refractivity contribution in [1.82, 2.24) is 9.80 Å². The average Bonchev–Trinajstić information content (AvgIpc) is 3.07. The zero-order valence-electron chi connectivity index (χ0n) is 11.8. The van der Waals surface area contributed by atoms with Crippen molar-refractivity contribution in [3.05, 3.63) is 21.9 Å². The summed E-state index contributed by atoms with van der Waals surface area (Å²) in [5.41, 5.74) is 0.929. The molecule has 1 fully saturated rings. The highest BCUT2D eigenvalue weighted by molar-refractivity contribution is 7.10.